The molecule has 0 aliphatic heterocycles. The smallest absolute Gasteiger partial charge is 0.105 e. The van der Waals surface area contributed by atoms with E-state index in [1.54, 1.807) is 6.26 Å². The van der Waals surface area contributed by atoms with Gasteiger partial charge < -0.3 is 14.6 Å². The van der Waals surface area contributed by atoms with Gasteiger partial charge in [-0.1, -0.05) is 0 Å². The van der Waals surface area contributed by atoms with Gasteiger partial charge in [-0.25, -0.2) is 0 Å². The van der Waals surface area contributed by atoms with Crippen LogP contribution in [0.2, 0.25) is 0 Å². The molecule has 0 aliphatic rings. The van der Waals surface area contributed by atoms with Crippen molar-refractivity contribution in [3.8, 4) is 0 Å². The van der Waals surface area contributed by atoms with Crippen LogP contribution in [0.1, 0.15) is 16.9 Å². The van der Waals surface area contributed by atoms with Crippen molar-refractivity contribution < 1.29 is 4.42 Å². The van der Waals surface area contributed by atoms with E-state index in [4.69, 9.17) is 4.42 Å². The molecule has 0 amide bonds. The molecule has 0 spiro atoms. The average Bonchev–Trinajstić information content (AvgIpc) is 2.76. The fourth-order valence-corrected chi connectivity index (χ4v) is 2.01. The molecular weight excluding hydrogens is 226 g/mol. The van der Waals surface area contributed by atoms with Crippen LogP contribution >= 0.6 is 0 Å². The van der Waals surface area contributed by atoms with Crippen LogP contribution in [0, 0.1) is 6.92 Å². The minimum atomic E-state index is 0.824. The first kappa shape index (κ1) is 12.6. The van der Waals surface area contributed by atoms with E-state index in [-0.39, 0.29) is 0 Å². The van der Waals surface area contributed by atoms with Crippen LogP contribution in [0.4, 0.5) is 5.69 Å². The van der Waals surface area contributed by atoms with Crippen molar-refractivity contribution in [2.24, 2.45) is 0 Å². The molecule has 1 N–H and O–H groups in total. The summed E-state index contributed by atoms with van der Waals surface area (Å²) in [5.74, 6) is 0.973. The van der Waals surface area contributed by atoms with E-state index in [2.05, 4.69) is 22.2 Å². The molecule has 4 heteroatoms. The first-order chi connectivity index (χ1) is 8.72. The Kier molecular flexibility index (Phi) is 3.99. The predicted octanol–water partition coefficient (Wildman–Crippen LogP) is 2.34. The minimum Gasteiger partial charge on any atom is -0.469 e. The van der Waals surface area contributed by atoms with Crippen LogP contribution in [0.15, 0.2) is 35.2 Å². The number of rotatable bonds is 5. The van der Waals surface area contributed by atoms with Gasteiger partial charge >= 0.3 is 0 Å². The van der Waals surface area contributed by atoms with Gasteiger partial charge in [-0.2, -0.15) is 0 Å². The second-order valence-electron chi connectivity index (χ2n) is 4.39. The minimum absolute atomic E-state index is 0.824. The summed E-state index contributed by atoms with van der Waals surface area (Å²) in [5, 5.41) is 3.18. The van der Waals surface area contributed by atoms with Gasteiger partial charge in [-0.3, -0.25) is 4.98 Å². The second-order valence-corrected chi connectivity index (χ2v) is 4.39. The molecular formula is C14H19N3O. The van der Waals surface area contributed by atoms with Gasteiger partial charge in [0.1, 0.15) is 5.76 Å². The summed E-state index contributed by atoms with van der Waals surface area (Å²) < 4.78 is 5.32. The van der Waals surface area contributed by atoms with E-state index >= 15 is 0 Å². The third-order valence-electron chi connectivity index (χ3n) is 3.04. The van der Waals surface area contributed by atoms with Gasteiger partial charge in [0.05, 0.1) is 18.1 Å². The first-order valence-corrected chi connectivity index (χ1v) is 6.04. The lowest BCUT2D eigenvalue weighted by atomic mass is 10.2. The molecule has 0 aromatic carbocycles. The Morgan fingerprint density at radius 3 is 2.83 bits per heavy atom. The van der Waals surface area contributed by atoms with Gasteiger partial charge in [-0.05, 0) is 31.7 Å². The molecule has 0 saturated heterocycles. The summed E-state index contributed by atoms with van der Waals surface area (Å²) in [6.07, 6.45) is 5.46. The third-order valence-corrected chi connectivity index (χ3v) is 3.04. The normalized spacial score (nSPS) is 10.6. The second kappa shape index (κ2) is 5.69. The van der Waals surface area contributed by atoms with Gasteiger partial charge in [0.2, 0.25) is 0 Å². The van der Waals surface area contributed by atoms with Gasteiger partial charge in [0.15, 0.2) is 0 Å². The van der Waals surface area contributed by atoms with Crippen LogP contribution in [-0.4, -0.2) is 19.1 Å². The van der Waals surface area contributed by atoms with Crippen molar-refractivity contribution in [1.82, 2.24) is 10.3 Å². The van der Waals surface area contributed by atoms with Crippen LogP contribution in [0.25, 0.3) is 0 Å². The Bertz CT molecular complexity index is 507. The quantitative estimate of drug-likeness (QED) is 0.878. The fourth-order valence-electron chi connectivity index (χ4n) is 2.01. The van der Waals surface area contributed by atoms with Crippen molar-refractivity contribution in [1.29, 1.82) is 0 Å². The highest BCUT2D eigenvalue weighted by atomic mass is 16.3. The summed E-state index contributed by atoms with van der Waals surface area (Å²) in [6, 6.07) is 4.06. The average molecular weight is 245 g/mol. The number of hydrogen-bond acceptors (Lipinski definition) is 4. The van der Waals surface area contributed by atoms with E-state index in [1.807, 2.05) is 38.5 Å². The Labute approximate surface area is 108 Å². The molecule has 0 atom stereocenters. The molecule has 0 radical (unpaired) electrons. The number of hydrogen-bond donors (Lipinski definition) is 1. The summed E-state index contributed by atoms with van der Waals surface area (Å²) in [5.41, 5.74) is 3.60. The van der Waals surface area contributed by atoms with E-state index in [0.29, 0.717) is 0 Å². The van der Waals surface area contributed by atoms with E-state index in [0.717, 1.165) is 24.5 Å². The molecule has 0 bridgehead atoms. The monoisotopic (exact) mass is 245 g/mol. The molecule has 18 heavy (non-hydrogen) atoms. The molecule has 2 heterocycles. The fraction of sp³-hybridized carbons (Fsp3) is 0.357. The lowest BCUT2D eigenvalue weighted by molar-refractivity contribution is 0.529. The zero-order valence-electron chi connectivity index (χ0n) is 11.1. The van der Waals surface area contributed by atoms with Crippen LogP contribution < -0.4 is 10.2 Å². The van der Waals surface area contributed by atoms with E-state index in [9.17, 15) is 0 Å². The molecule has 0 aliphatic carbocycles. The topological polar surface area (TPSA) is 41.3 Å². The zero-order valence-corrected chi connectivity index (χ0v) is 11.1. The largest absolute Gasteiger partial charge is 0.469 e. The van der Waals surface area contributed by atoms with Gasteiger partial charge in [0.25, 0.3) is 0 Å². The maximum Gasteiger partial charge on any atom is 0.105 e. The highest BCUT2D eigenvalue weighted by molar-refractivity contribution is 5.51. The van der Waals surface area contributed by atoms with Gasteiger partial charge in [0, 0.05) is 31.9 Å². The first-order valence-electron chi connectivity index (χ1n) is 6.04. The number of anilines is 1. The lowest BCUT2D eigenvalue weighted by Gasteiger charge is -2.21. The lowest BCUT2D eigenvalue weighted by Crippen LogP contribution is -2.20. The molecule has 0 saturated carbocycles. The van der Waals surface area contributed by atoms with Crippen molar-refractivity contribution in [2.75, 3.05) is 19.0 Å². The Balaban J connectivity index is 2.18. The molecule has 0 unspecified atom stereocenters. The van der Waals surface area contributed by atoms with Crippen LogP contribution in [0.5, 0.6) is 0 Å². The Morgan fingerprint density at radius 1 is 1.33 bits per heavy atom. The number of aromatic nitrogens is 1. The number of nitrogens with zero attached hydrogens (tertiary/aromatic N) is 2. The summed E-state index contributed by atoms with van der Waals surface area (Å²) in [4.78, 5) is 6.40. The number of furan rings is 1. The van der Waals surface area contributed by atoms with E-state index in [1.165, 1.54) is 11.1 Å². The SMILES string of the molecule is CNCc1ccncc1N(C)Cc1ccoc1C. The molecule has 2 aromatic rings. The summed E-state index contributed by atoms with van der Waals surface area (Å²) >= 11 is 0. The van der Waals surface area contributed by atoms with E-state index < -0.39 is 0 Å². The van der Waals surface area contributed by atoms with Crippen molar-refractivity contribution >= 4 is 5.69 Å². The predicted molar refractivity (Wildman–Crippen MR) is 72.6 cm³/mol. The van der Waals surface area contributed by atoms with Crippen molar-refractivity contribution in [3.05, 3.63) is 47.7 Å². The molecule has 0 fully saturated rings. The molecule has 2 aromatic heterocycles. The number of nitrogens with one attached hydrogen (secondary N) is 1. The Hall–Kier alpha value is -1.81. The zero-order chi connectivity index (χ0) is 13.0. The third kappa shape index (κ3) is 2.71. The highest BCUT2D eigenvalue weighted by Crippen LogP contribution is 2.21. The highest BCUT2D eigenvalue weighted by Gasteiger charge is 2.10. The number of aryl methyl sites for hydroxylation is 1. The van der Waals surface area contributed by atoms with Crippen molar-refractivity contribution in [2.45, 2.75) is 20.0 Å². The van der Waals surface area contributed by atoms with Crippen LogP contribution in [-0.2, 0) is 13.1 Å². The number of pyridine rings is 1. The molecule has 96 valence electrons. The summed E-state index contributed by atoms with van der Waals surface area (Å²) in [7, 11) is 4.02. The van der Waals surface area contributed by atoms with Crippen molar-refractivity contribution in [3.63, 3.8) is 0 Å². The molecule has 4 nitrogen and oxygen atoms in total. The van der Waals surface area contributed by atoms with Gasteiger partial charge in [-0.15, -0.1) is 0 Å². The standard InChI is InChI=1S/C14H19N3O/c1-11-13(5-7-18-11)10-17(3)14-9-16-6-4-12(14)8-15-2/h4-7,9,15H,8,10H2,1-3H3. The van der Waals surface area contributed by atoms with Crippen LogP contribution in [0.3, 0.4) is 0 Å². The Morgan fingerprint density at radius 2 is 2.17 bits per heavy atom. The maximum absolute atomic E-state index is 5.32. The summed E-state index contributed by atoms with van der Waals surface area (Å²) in [6.45, 7) is 3.65. The molecule has 2 rings (SSSR count). The maximum atomic E-state index is 5.32.